The first kappa shape index (κ1) is 18.9. The van der Waals surface area contributed by atoms with Crippen LogP contribution in [0.1, 0.15) is 31.2 Å². The zero-order chi connectivity index (χ0) is 19.5. The molecule has 1 aliphatic heterocycles. The Morgan fingerprint density at radius 2 is 2.11 bits per heavy atom. The normalized spacial score (nSPS) is 16.5. The lowest BCUT2D eigenvalue weighted by Crippen LogP contribution is -2.34. The number of hydrogen-bond donors (Lipinski definition) is 1. The second-order valence-corrected chi connectivity index (χ2v) is 7.31. The van der Waals surface area contributed by atoms with Gasteiger partial charge in [-0.25, -0.2) is 4.98 Å². The van der Waals surface area contributed by atoms with Gasteiger partial charge in [0, 0.05) is 38.0 Å². The Labute approximate surface area is 168 Å². The molecule has 9 heteroatoms. The van der Waals surface area contributed by atoms with E-state index in [0.717, 1.165) is 31.6 Å². The second-order valence-electron chi connectivity index (χ2n) is 6.98. The van der Waals surface area contributed by atoms with E-state index in [9.17, 15) is 0 Å². The molecule has 3 aromatic rings. The fraction of sp³-hybridized carbons (Fsp3) is 0.474. The van der Waals surface area contributed by atoms with E-state index in [1.165, 1.54) is 10.9 Å². The maximum atomic E-state index is 6.09. The predicted octanol–water partition coefficient (Wildman–Crippen LogP) is 3.20. The second kappa shape index (κ2) is 8.28. The fourth-order valence-corrected chi connectivity index (χ4v) is 3.82. The molecule has 4 heterocycles. The van der Waals surface area contributed by atoms with Crippen LogP contribution in [0.25, 0.3) is 11.0 Å². The highest BCUT2D eigenvalue weighted by Gasteiger charge is 2.25. The molecule has 0 spiro atoms. The quantitative estimate of drug-likeness (QED) is 0.677. The Bertz CT molecular complexity index is 941. The largest absolute Gasteiger partial charge is 0.458 e. The summed E-state index contributed by atoms with van der Waals surface area (Å²) < 4.78 is 10.8. The van der Waals surface area contributed by atoms with Crippen LogP contribution in [-0.2, 0) is 4.74 Å². The summed E-state index contributed by atoms with van der Waals surface area (Å²) >= 11 is 6.09. The number of piperidine rings is 1. The number of rotatable bonds is 6. The molecule has 4 rings (SSSR count). The molecule has 0 radical (unpaired) electrons. The Morgan fingerprint density at radius 3 is 2.89 bits per heavy atom. The zero-order valence-corrected chi connectivity index (χ0v) is 16.7. The van der Waals surface area contributed by atoms with Gasteiger partial charge < -0.3 is 19.4 Å². The standard InChI is InChI=1S/C19H23ClN6O2/c1-12(11-27-2)28-19-24-17(20)23-18(25-19)26-8-5-13(6-9-26)15-10-22-16-14(15)4-3-7-21-16/h3-4,7,10,12-13H,5-6,8-9,11H2,1-2H3,(H,21,22)/t12-/m1/s1. The maximum absolute atomic E-state index is 6.09. The Morgan fingerprint density at radius 1 is 1.29 bits per heavy atom. The molecule has 1 saturated heterocycles. The molecule has 8 nitrogen and oxygen atoms in total. The third kappa shape index (κ3) is 4.02. The van der Waals surface area contributed by atoms with Gasteiger partial charge in [0.15, 0.2) is 0 Å². The minimum atomic E-state index is -0.169. The molecular formula is C19H23ClN6O2. The predicted molar refractivity (Wildman–Crippen MR) is 107 cm³/mol. The van der Waals surface area contributed by atoms with Crippen molar-refractivity contribution in [3.63, 3.8) is 0 Å². The molecule has 0 unspecified atom stereocenters. The van der Waals surface area contributed by atoms with Crippen molar-refractivity contribution < 1.29 is 9.47 Å². The van der Waals surface area contributed by atoms with Crippen LogP contribution in [0.2, 0.25) is 5.28 Å². The van der Waals surface area contributed by atoms with Gasteiger partial charge in [-0.15, -0.1) is 0 Å². The van der Waals surface area contributed by atoms with Crippen molar-refractivity contribution in [3.8, 4) is 6.01 Å². The van der Waals surface area contributed by atoms with Gasteiger partial charge in [-0.3, -0.25) is 0 Å². The smallest absolute Gasteiger partial charge is 0.322 e. The van der Waals surface area contributed by atoms with Crippen LogP contribution in [0, 0.1) is 0 Å². The van der Waals surface area contributed by atoms with Crippen molar-refractivity contribution >= 4 is 28.6 Å². The molecule has 1 atom stereocenters. The van der Waals surface area contributed by atoms with Gasteiger partial charge in [-0.1, -0.05) is 0 Å². The van der Waals surface area contributed by atoms with Gasteiger partial charge in [-0.05, 0) is 55.0 Å². The molecule has 1 aliphatic rings. The van der Waals surface area contributed by atoms with Crippen LogP contribution in [-0.4, -0.2) is 57.8 Å². The van der Waals surface area contributed by atoms with Crippen molar-refractivity contribution in [2.45, 2.75) is 31.8 Å². The Hall–Kier alpha value is -2.45. The molecule has 148 valence electrons. The average Bonchev–Trinajstić information content (AvgIpc) is 3.12. The third-order valence-corrected chi connectivity index (χ3v) is 5.15. The lowest BCUT2D eigenvalue weighted by Gasteiger charge is -2.32. The molecule has 0 bridgehead atoms. The van der Waals surface area contributed by atoms with E-state index in [1.54, 1.807) is 7.11 Å². The number of methoxy groups -OCH3 is 1. The lowest BCUT2D eigenvalue weighted by molar-refractivity contribution is 0.0854. The highest BCUT2D eigenvalue weighted by Crippen LogP contribution is 2.33. The van der Waals surface area contributed by atoms with Gasteiger partial charge in [0.2, 0.25) is 11.2 Å². The SMILES string of the molecule is COC[C@@H](C)Oc1nc(Cl)nc(N2CCC(c3c[nH]c4ncccc34)CC2)n1. The molecule has 0 amide bonds. The highest BCUT2D eigenvalue weighted by molar-refractivity contribution is 6.28. The number of anilines is 1. The molecule has 3 aromatic heterocycles. The molecule has 28 heavy (non-hydrogen) atoms. The lowest BCUT2D eigenvalue weighted by atomic mass is 9.89. The monoisotopic (exact) mass is 402 g/mol. The number of aromatic nitrogens is 5. The minimum Gasteiger partial charge on any atom is -0.458 e. The van der Waals surface area contributed by atoms with Gasteiger partial charge >= 0.3 is 6.01 Å². The summed E-state index contributed by atoms with van der Waals surface area (Å²) in [5.74, 6) is 1.03. The topological polar surface area (TPSA) is 89.0 Å². The number of fused-ring (bicyclic) bond motifs is 1. The number of nitrogens with one attached hydrogen (secondary N) is 1. The number of aromatic amines is 1. The first-order valence-electron chi connectivity index (χ1n) is 9.38. The van der Waals surface area contributed by atoms with Crippen molar-refractivity contribution in [2.24, 2.45) is 0 Å². The molecular weight excluding hydrogens is 380 g/mol. The molecule has 1 N–H and O–H groups in total. The van der Waals surface area contributed by atoms with E-state index in [4.69, 9.17) is 21.1 Å². The molecule has 0 saturated carbocycles. The van der Waals surface area contributed by atoms with E-state index in [-0.39, 0.29) is 17.4 Å². The Kier molecular flexibility index (Phi) is 5.59. The summed E-state index contributed by atoms with van der Waals surface area (Å²) in [4.78, 5) is 22.6. The van der Waals surface area contributed by atoms with Gasteiger partial charge in [0.1, 0.15) is 11.8 Å². The summed E-state index contributed by atoms with van der Waals surface area (Å²) in [5.41, 5.74) is 2.27. The van der Waals surface area contributed by atoms with Gasteiger partial charge in [-0.2, -0.15) is 15.0 Å². The van der Waals surface area contributed by atoms with Crippen LogP contribution < -0.4 is 9.64 Å². The van der Waals surface area contributed by atoms with Crippen molar-refractivity contribution in [3.05, 3.63) is 35.4 Å². The summed E-state index contributed by atoms with van der Waals surface area (Å²) in [6, 6.07) is 4.33. The fourth-order valence-electron chi connectivity index (χ4n) is 3.67. The van der Waals surface area contributed by atoms with Crippen LogP contribution >= 0.6 is 11.6 Å². The summed E-state index contributed by atoms with van der Waals surface area (Å²) in [6.45, 7) is 4.02. The summed E-state index contributed by atoms with van der Waals surface area (Å²) in [6.07, 6.45) is 5.73. The van der Waals surface area contributed by atoms with Crippen LogP contribution in [0.4, 0.5) is 5.95 Å². The molecule has 0 aromatic carbocycles. The molecule has 0 aliphatic carbocycles. The van der Waals surface area contributed by atoms with E-state index in [1.807, 2.05) is 19.2 Å². The highest BCUT2D eigenvalue weighted by atomic mass is 35.5. The zero-order valence-electron chi connectivity index (χ0n) is 15.9. The maximum Gasteiger partial charge on any atom is 0.322 e. The van der Waals surface area contributed by atoms with Crippen molar-refractivity contribution in [1.82, 2.24) is 24.9 Å². The first-order valence-corrected chi connectivity index (χ1v) is 9.76. The average molecular weight is 403 g/mol. The van der Waals surface area contributed by atoms with E-state index < -0.39 is 0 Å². The molecule has 1 fully saturated rings. The number of H-pyrrole nitrogens is 1. The van der Waals surface area contributed by atoms with E-state index in [0.29, 0.717) is 18.5 Å². The van der Waals surface area contributed by atoms with Gasteiger partial charge in [0.05, 0.1) is 6.61 Å². The third-order valence-electron chi connectivity index (χ3n) is 4.98. The number of hydrogen-bond acceptors (Lipinski definition) is 7. The van der Waals surface area contributed by atoms with Crippen LogP contribution in [0.5, 0.6) is 6.01 Å². The number of ether oxygens (including phenoxy) is 2. The number of nitrogens with zero attached hydrogens (tertiary/aromatic N) is 5. The van der Waals surface area contributed by atoms with Crippen molar-refractivity contribution in [2.75, 3.05) is 31.7 Å². The van der Waals surface area contributed by atoms with Crippen LogP contribution in [0.3, 0.4) is 0 Å². The summed E-state index contributed by atoms with van der Waals surface area (Å²) in [7, 11) is 1.62. The Balaban J connectivity index is 1.45. The number of pyridine rings is 1. The number of halogens is 1. The van der Waals surface area contributed by atoms with Crippen LogP contribution in [0.15, 0.2) is 24.5 Å². The summed E-state index contributed by atoms with van der Waals surface area (Å²) in [5, 5.41) is 1.33. The first-order chi connectivity index (χ1) is 13.6. The van der Waals surface area contributed by atoms with Gasteiger partial charge in [0.25, 0.3) is 0 Å². The van der Waals surface area contributed by atoms with E-state index in [2.05, 4.69) is 42.1 Å². The van der Waals surface area contributed by atoms with E-state index >= 15 is 0 Å². The van der Waals surface area contributed by atoms with Crippen molar-refractivity contribution in [1.29, 1.82) is 0 Å². The minimum absolute atomic E-state index is 0.134.